The minimum Gasteiger partial charge on any atom is -0.489 e. The SMILES string of the molecule is Cc1ccc(C)c(OCc2cccc(C(=O)Nc3nn(Cc4c(F)cccc4Cl)cc3Cl)c2)c1. The molecule has 0 fully saturated rings. The lowest BCUT2D eigenvalue weighted by atomic mass is 10.1. The summed E-state index contributed by atoms with van der Waals surface area (Å²) in [5.41, 5.74) is 3.73. The van der Waals surface area contributed by atoms with Gasteiger partial charge >= 0.3 is 0 Å². The van der Waals surface area contributed by atoms with Crippen molar-refractivity contribution in [2.24, 2.45) is 0 Å². The van der Waals surface area contributed by atoms with E-state index in [1.165, 1.54) is 23.0 Å². The second kappa shape index (κ2) is 10.3. The van der Waals surface area contributed by atoms with Crippen LogP contribution >= 0.6 is 23.2 Å². The highest BCUT2D eigenvalue weighted by molar-refractivity contribution is 6.33. The number of benzene rings is 3. The Morgan fingerprint density at radius 2 is 1.85 bits per heavy atom. The van der Waals surface area contributed by atoms with Crippen LogP contribution in [0.4, 0.5) is 10.2 Å². The summed E-state index contributed by atoms with van der Waals surface area (Å²) in [5.74, 6) is 0.174. The predicted octanol–water partition coefficient (Wildman–Crippen LogP) is 6.83. The number of rotatable bonds is 7. The maximum atomic E-state index is 14.1. The maximum absolute atomic E-state index is 14.1. The molecule has 0 saturated heterocycles. The van der Waals surface area contributed by atoms with E-state index in [0.29, 0.717) is 12.2 Å². The van der Waals surface area contributed by atoms with Crippen LogP contribution in [0.25, 0.3) is 0 Å². The third-order valence-electron chi connectivity index (χ3n) is 5.26. The quantitative estimate of drug-likeness (QED) is 0.304. The van der Waals surface area contributed by atoms with Crippen molar-refractivity contribution >= 4 is 34.9 Å². The van der Waals surface area contributed by atoms with Crippen LogP contribution in [0.1, 0.15) is 32.6 Å². The molecular weight excluding hydrogens is 476 g/mol. The van der Waals surface area contributed by atoms with Crippen LogP contribution in [0, 0.1) is 19.7 Å². The lowest BCUT2D eigenvalue weighted by Gasteiger charge is -2.11. The number of carbonyl (C=O) groups excluding carboxylic acids is 1. The van der Waals surface area contributed by atoms with E-state index in [2.05, 4.69) is 10.4 Å². The molecule has 4 aromatic rings. The van der Waals surface area contributed by atoms with Gasteiger partial charge in [-0.1, -0.05) is 53.5 Å². The molecule has 0 atom stereocenters. The Morgan fingerprint density at radius 1 is 1.06 bits per heavy atom. The zero-order valence-electron chi connectivity index (χ0n) is 18.6. The fraction of sp³-hybridized carbons (Fsp3) is 0.154. The molecule has 1 heterocycles. The number of nitrogens with one attached hydrogen (secondary N) is 1. The van der Waals surface area contributed by atoms with E-state index in [0.717, 1.165) is 22.4 Å². The fourth-order valence-corrected chi connectivity index (χ4v) is 3.83. The Balaban J connectivity index is 1.44. The van der Waals surface area contributed by atoms with E-state index in [9.17, 15) is 9.18 Å². The van der Waals surface area contributed by atoms with Gasteiger partial charge < -0.3 is 10.1 Å². The zero-order valence-corrected chi connectivity index (χ0v) is 20.1. The fourth-order valence-electron chi connectivity index (χ4n) is 3.41. The number of halogens is 3. The zero-order chi connectivity index (χ0) is 24.2. The van der Waals surface area contributed by atoms with Gasteiger partial charge in [0, 0.05) is 22.3 Å². The maximum Gasteiger partial charge on any atom is 0.256 e. The van der Waals surface area contributed by atoms with Crippen LogP contribution in [0.15, 0.2) is 66.9 Å². The summed E-state index contributed by atoms with van der Waals surface area (Å²) >= 11 is 12.3. The Morgan fingerprint density at radius 3 is 2.65 bits per heavy atom. The van der Waals surface area contributed by atoms with E-state index in [1.54, 1.807) is 24.3 Å². The molecular formula is C26H22Cl2FN3O2. The molecule has 8 heteroatoms. The van der Waals surface area contributed by atoms with Gasteiger partial charge in [0.1, 0.15) is 23.2 Å². The molecule has 174 valence electrons. The molecule has 0 radical (unpaired) electrons. The first-order valence-electron chi connectivity index (χ1n) is 10.6. The Kier molecular flexibility index (Phi) is 7.20. The molecule has 0 aliphatic heterocycles. The van der Waals surface area contributed by atoms with Crippen molar-refractivity contribution in [1.29, 1.82) is 0 Å². The Bertz CT molecular complexity index is 1330. The highest BCUT2D eigenvalue weighted by atomic mass is 35.5. The summed E-state index contributed by atoms with van der Waals surface area (Å²) in [6.07, 6.45) is 1.51. The summed E-state index contributed by atoms with van der Waals surface area (Å²) < 4.78 is 21.5. The van der Waals surface area contributed by atoms with Crippen molar-refractivity contribution in [3.8, 4) is 5.75 Å². The van der Waals surface area contributed by atoms with Gasteiger partial charge in [-0.25, -0.2) is 4.39 Å². The van der Waals surface area contributed by atoms with Gasteiger partial charge in [-0.05, 0) is 60.9 Å². The molecule has 0 saturated carbocycles. The van der Waals surface area contributed by atoms with Crippen molar-refractivity contribution < 1.29 is 13.9 Å². The van der Waals surface area contributed by atoms with Gasteiger partial charge in [0.05, 0.1) is 6.54 Å². The van der Waals surface area contributed by atoms with Crippen molar-refractivity contribution in [3.05, 3.63) is 111 Å². The molecule has 1 N–H and O–H groups in total. The molecule has 0 bridgehead atoms. The molecule has 5 nitrogen and oxygen atoms in total. The number of amides is 1. The third-order valence-corrected chi connectivity index (χ3v) is 5.89. The first-order chi connectivity index (χ1) is 16.3. The summed E-state index contributed by atoms with van der Waals surface area (Å²) in [5, 5.41) is 7.50. The largest absolute Gasteiger partial charge is 0.489 e. The van der Waals surface area contributed by atoms with Crippen LogP contribution < -0.4 is 10.1 Å². The first-order valence-corrected chi connectivity index (χ1v) is 11.3. The van der Waals surface area contributed by atoms with E-state index in [4.69, 9.17) is 27.9 Å². The van der Waals surface area contributed by atoms with Gasteiger partial charge in [0.15, 0.2) is 5.82 Å². The van der Waals surface area contributed by atoms with Crippen LogP contribution in [0.3, 0.4) is 0 Å². The van der Waals surface area contributed by atoms with Gasteiger partial charge in [-0.2, -0.15) is 5.10 Å². The average Bonchev–Trinajstić information content (AvgIpc) is 3.15. The lowest BCUT2D eigenvalue weighted by molar-refractivity contribution is 0.102. The van der Waals surface area contributed by atoms with Gasteiger partial charge in [-0.15, -0.1) is 0 Å². The highest BCUT2D eigenvalue weighted by Crippen LogP contribution is 2.25. The minimum atomic E-state index is -0.440. The number of aromatic nitrogens is 2. The average molecular weight is 498 g/mol. The van der Waals surface area contributed by atoms with Crippen molar-refractivity contribution in [3.63, 3.8) is 0 Å². The van der Waals surface area contributed by atoms with E-state index in [-0.39, 0.29) is 33.9 Å². The number of nitrogens with zero attached hydrogens (tertiary/aromatic N) is 2. The van der Waals surface area contributed by atoms with Gasteiger partial charge in [0.2, 0.25) is 0 Å². The standard InChI is InChI=1S/C26H22Cl2FN3O2/c1-16-9-10-17(2)24(11-16)34-15-18-5-3-6-19(12-18)26(33)30-25-22(28)14-32(31-25)13-20-21(27)7-4-8-23(20)29/h3-12,14H,13,15H2,1-2H3,(H,30,31,33). The van der Waals surface area contributed by atoms with Crippen LogP contribution in [-0.4, -0.2) is 15.7 Å². The Hall–Kier alpha value is -3.35. The van der Waals surface area contributed by atoms with E-state index < -0.39 is 5.82 Å². The first kappa shape index (κ1) is 23.8. The molecule has 1 amide bonds. The number of carbonyl (C=O) groups is 1. The Labute approximate surface area is 207 Å². The molecule has 0 aliphatic rings. The van der Waals surface area contributed by atoms with Crippen molar-refractivity contribution in [2.45, 2.75) is 27.0 Å². The molecule has 4 rings (SSSR count). The predicted molar refractivity (Wildman–Crippen MR) is 132 cm³/mol. The van der Waals surface area contributed by atoms with Crippen LogP contribution in [-0.2, 0) is 13.2 Å². The van der Waals surface area contributed by atoms with Crippen molar-refractivity contribution in [1.82, 2.24) is 9.78 Å². The van der Waals surface area contributed by atoms with Crippen molar-refractivity contribution in [2.75, 3.05) is 5.32 Å². The van der Waals surface area contributed by atoms with Crippen LogP contribution in [0.5, 0.6) is 5.75 Å². The highest BCUT2D eigenvalue weighted by Gasteiger charge is 2.15. The number of anilines is 1. The molecule has 1 aromatic heterocycles. The number of hydrogen-bond acceptors (Lipinski definition) is 3. The molecule has 0 unspecified atom stereocenters. The summed E-state index contributed by atoms with van der Waals surface area (Å²) in [4.78, 5) is 12.8. The van der Waals surface area contributed by atoms with Crippen LogP contribution in [0.2, 0.25) is 10.0 Å². The van der Waals surface area contributed by atoms with E-state index >= 15 is 0 Å². The summed E-state index contributed by atoms with van der Waals surface area (Å²) in [6.45, 7) is 4.40. The smallest absolute Gasteiger partial charge is 0.256 e. The van der Waals surface area contributed by atoms with Gasteiger partial charge in [0.25, 0.3) is 5.91 Å². The summed E-state index contributed by atoms with van der Waals surface area (Å²) in [6, 6.07) is 17.6. The monoisotopic (exact) mass is 497 g/mol. The lowest BCUT2D eigenvalue weighted by Crippen LogP contribution is -2.14. The molecule has 3 aromatic carbocycles. The molecule has 0 aliphatic carbocycles. The number of ether oxygens (including phenoxy) is 1. The second-order valence-electron chi connectivity index (χ2n) is 7.94. The molecule has 34 heavy (non-hydrogen) atoms. The minimum absolute atomic E-state index is 0.0757. The normalized spacial score (nSPS) is 10.9. The number of hydrogen-bond donors (Lipinski definition) is 1. The third kappa shape index (κ3) is 5.58. The topological polar surface area (TPSA) is 56.1 Å². The summed E-state index contributed by atoms with van der Waals surface area (Å²) in [7, 11) is 0. The molecule has 0 spiro atoms. The number of aryl methyl sites for hydroxylation is 2. The van der Waals surface area contributed by atoms with Gasteiger partial charge in [-0.3, -0.25) is 9.48 Å². The second-order valence-corrected chi connectivity index (χ2v) is 8.75. The van der Waals surface area contributed by atoms with E-state index in [1.807, 2.05) is 38.1 Å².